The molecule has 0 spiro atoms. The number of carbonyl (C=O) groups excluding carboxylic acids is 1. The minimum atomic E-state index is -4.37. The van der Waals surface area contributed by atoms with E-state index in [1.807, 2.05) is 0 Å². The zero-order valence-corrected chi connectivity index (χ0v) is 11.3. The summed E-state index contributed by atoms with van der Waals surface area (Å²) in [4.78, 5) is 15.7. The van der Waals surface area contributed by atoms with Crippen molar-refractivity contribution in [2.75, 3.05) is 32.1 Å². The molecule has 0 fully saturated rings. The van der Waals surface area contributed by atoms with Gasteiger partial charge >= 0.3 is 6.18 Å². The third-order valence-corrected chi connectivity index (χ3v) is 2.45. The van der Waals surface area contributed by atoms with Crippen LogP contribution in [-0.4, -0.2) is 43.9 Å². The summed E-state index contributed by atoms with van der Waals surface area (Å²) in [7, 11) is 1.63. The van der Waals surface area contributed by atoms with Crippen LogP contribution >= 0.6 is 11.6 Å². The third-order valence-electron chi connectivity index (χ3n) is 2.15. The van der Waals surface area contributed by atoms with Gasteiger partial charge in [0.1, 0.15) is 12.4 Å². The van der Waals surface area contributed by atoms with E-state index in [1.54, 1.807) is 7.05 Å². The average Bonchev–Trinajstić information content (AvgIpc) is 2.37. The first-order valence-corrected chi connectivity index (χ1v) is 5.97. The highest BCUT2D eigenvalue weighted by atomic mass is 35.5. The molecule has 0 radical (unpaired) electrons. The van der Waals surface area contributed by atoms with Crippen LogP contribution in [0.2, 0.25) is 5.02 Å². The van der Waals surface area contributed by atoms with Gasteiger partial charge in [-0.1, -0.05) is 11.6 Å². The maximum Gasteiger partial charge on any atom is 0.411 e. The highest BCUT2D eigenvalue weighted by Gasteiger charge is 2.27. The van der Waals surface area contributed by atoms with E-state index in [0.717, 1.165) is 0 Å². The summed E-state index contributed by atoms with van der Waals surface area (Å²) >= 11 is 5.82. The molecular weight excluding hydrogens is 299 g/mol. The Morgan fingerprint density at radius 1 is 1.50 bits per heavy atom. The molecule has 1 heterocycles. The standard InChI is InChI=1S/C11H13ClF3N3O2/c1-16-9-4-7(8(12)5-18-9)10(19)17-2-3-20-6-11(13,14)15/h4-5H,2-3,6H2,1H3,(H,16,18)(H,17,19). The Morgan fingerprint density at radius 3 is 2.80 bits per heavy atom. The molecule has 20 heavy (non-hydrogen) atoms. The molecule has 0 unspecified atom stereocenters. The lowest BCUT2D eigenvalue weighted by Gasteiger charge is -2.09. The van der Waals surface area contributed by atoms with Gasteiger partial charge in [0, 0.05) is 19.8 Å². The zero-order chi connectivity index (χ0) is 15.2. The molecule has 1 aromatic rings. The second-order valence-corrected chi connectivity index (χ2v) is 4.13. The van der Waals surface area contributed by atoms with E-state index in [-0.39, 0.29) is 23.7 Å². The number of amides is 1. The smallest absolute Gasteiger partial charge is 0.373 e. The fourth-order valence-electron chi connectivity index (χ4n) is 1.27. The molecule has 0 saturated carbocycles. The fourth-order valence-corrected chi connectivity index (χ4v) is 1.46. The van der Waals surface area contributed by atoms with Crippen molar-refractivity contribution in [2.45, 2.75) is 6.18 Å². The van der Waals surface area contributed by atoms with Crippen molar-refractivity contribution in [2.24, 2.45) is 0 Å². The van der Waals surface area contributed by atoms with Crippen LogP contribution in [0.4, 0.5) is 19.0 Å². The summed E-state index contributed by atoms with van der Waals surface area (Å²) in [6, 6.07) is 1.44. The van der Waals surface area contributed by atoms with Gasteiger partial charge in [-0.15, -0.1) is 0 Å². The maximum absolute atomic E-state index is 11.8. The maximum atomic E-state index is 11.8. The molecule has 1 rings (SSSR count). The van der Waals surface area contributed by atoms with Gasteiger partial charge in [0.25, 0.3) is 5.91 Å². The summed E-state index contributed by atoms with van der Waals surface area (Å²) in [6.07, 6.45) is -3.07. The van der Waals surface area contributed by atoms with E-state index < -0.39 is 18.7 Å². The van der Waals surface area contributed by atoms with Crippen LogP contribution in [0.15, 0.2) is 12.3 Å². The molecule has 1 amide bonds. The van der Waals surface area contributed by atoms with Crippen LogP contribution in [0.5, 0.6) is 0 Å². The Hall–Kier alpha value is -1.54. The first-order valence-electron chi connectivity index (χ1n) is 5.59. The summed E-state index contributed by atoms with van der Waals surface area (Å²) in [5.41, 5.74) is 0.182. The van der Waals surface area contributed by atoms with E-state index in [2.05, 4.69) is 20.4 Å². The number of halogens is 4. The number of pyridine rings is 1. The molecule has 1 aromatic heterocycles. The number of carbonyl (C=O) groups is 1. The number of ether oxygens (including phenoxy) is 1. The number of anilines is 1. The molecule has 5 nitrogen and oxygen atoms in total. The van der Waals surface area contributed by atoms with Gasteiger partial charge in [-0.25, -0.2) is 4.98 Å². The summed E-state index contributed by atoms with van der Waals surface area (Å²) in [5, 5.41) is 5.30. The molecule has 2 N–H and O–H groups in total. The largest absolute Gasteiger partial charge is 0.411 e. The van der Waals surface area contributed by atoms with Crippen molar-refractivity contribution < 1.29 is 22.7 Å². The van der Waals surface area contributed by atoms with Gasteiger partial charge in [0.2, 0.25) is 0 Å². The molecule has 0 aliphatic heterocycles. The van der Waals surface area contributed by atoms with Crippen LogP contribution in [0, 0.1) is 0 Å². The van der Waals surface area contributed by atoms with Gasteiger partial charge in [0.15, 0.2) is 0 Å². The second-order valence-electron chi connectivity index (χ2n) is 3.72. The number of nitrogens with one attached hydrogen (secondary N) is 2. The lowest BCUT2D eigenvalue weighted by Crippen LogP contribution is -2.29. The van der Waals surface area contributed by atoms with Gasteiger partial charge in [0.05, 0.1) is 17.2 Å². The number of hydrogen-bond acceptors (Lipinski definition) is 4. The molecule has 0 aromatic carbocycles. The number of hydrogen-bond donors (Lipinski definition) is 2. The number of nitrogens with zero attached hydrogens (tertiary/aromatic N) is 1. The highest BCUT2D eigenvalue weighted by Crippen LogP contribution is 2.17. The Balaban J connectivity index is 2.43. The molecule has 9 heteroatoms. The number of alkyl halides is 3. The average molecular weight is 312 g/mol. The quantitative estimate of drug-likeness (QED) is 0.790. The first-order chi connectivity index (χ1) is 9.33. The Kier molecular flexibility index (Phi) is 6.03. The van der Waals surface area contributed by atoms with Crippen molar-refractivity contribution in [1.82, 2.24) is 10.3 Å². The van der Waals surface area contributed by atoms with Gasteiger partial charge in [-0.2, -0.15) is 13.2 Å². The Labute approximate surface area is 118 Å². The van der Waals surface area contributed by atoms with Crippen LogP contribution in [0.1, 0.15) is 10.4 Å². The minimum absolute atomic E-state index is 0.0531. The Morgan fingerprint density at radius 2 is 2.20 bits per heavy atom. The van der Waals surface area contributed by atoms with Crippen LogP contribution in [0.25, 0.3) is 0 Å². The van der Waals surface area contributed by atoms with Crippen LogP contribution < -0.4 is 10.6 Å². The molecular formula is C11H13ClF3N3O2. The van der Waals surface area contributed by atoms with Crippen molar-refractivity contribution in [3.8, 4) is 0 Å². The lowest BCUT2D eigenvalue weighted by atomic mass is 10.2. The first kappa shape index (κ1) is 16.5. The summed E-state index contributed by atoms with van der Waals surface area (Å²) in [5.74, 6) is -0.0580. The normalized spacial score (nSPS) is 11.2. The Bertz CT molecular complexity index is 469. The van der Waals surface area contributed by atoms with Crippen molar-refractivity contribution in [1.29, 1.82) is 0 Å². The monoisotopic (exact) mass is 311 g/mol. The number of aromatic nitrogens is 1. The molecule has 0 saturated heterocycles. The topological polar surface area (TPSA) is 63.2 Å². The van der Waals surface area contributed by atoms with E-state index in [9.17, 15) is 18.0 Å². The zero-order valence-electron chi connectivity index (χ0n) is 10.6. The SMILES string of the molecule is CNc1cc(C(=O)NCCOCC(F)(F)F)c(Cl)cn1. The predicted octanol–water partition coefficient (Wildman–Crippen LogP) is 2.09. The third kappa shape index (κ3) is 5.62. The lowest BCUT2D eigenvalue weighted by molar-refractivity contribution is -0.173. The predicted molar refractivity (Wildman–Crippen MR) is 68.0 cm³/mol. The second kappa shape index (κ2) is 7.30. The van der Waals surface area contributed by atoms with E-state index in [4.69, 9.17) is 11.6 Å². The van der Waals surface area contributed by atoms with Gasteiger partial charge in [-0.05, 0) is 6.07 Å². The van der Waals surface area contributed by atoms with Crippen LogP contribution in [0.3, 0.4) is 0 Å². The highest BCUT2D eigenvalue weighted by molar-refractivity contribution is 6.33. The van der Waals surface area contributed by atoms with Crippen LogP contribution in [-0.2, 0) is 4.74 Å². The van der Waals surface area contributed by atoms with E-state index >= 15 is 0 Å². The number of rotatable bonds is 6. The van der Waals surface area contributed by atoms with E-state index in [1.165, 1.54) is 12.3 Å². The van der Waals surface area contributed by atoms with Gasteiger partial charge in [-0.3, -0.25) is 4.79 Å². The van der Waals surface area contributed by atoms with Crippen molar-refractivity contribution in [3.63, 3.8) is 0 Å². The fraction of sp³-hybridized carbons (Fsp3) is 0.455. The minimum Gasteiger partial charge on any atom is -0.373 e. The molecule has 0 aliphatic rings. The molecule has 0 atom stereocenters. The molecule has 0 bridgehead atoms. The van der Waals surface area contributed by atoms with E-state index in [0.29, 0.717) is 5.82 Å². The summed E-state index contributed by atoms with van der Waals surface area (Å²) in [6.45, 7) is -1.64. The van der Waals surface area contributed by atoms with Crippen molar-refractivity contribution in [3.05, 3.63) is 22.8 Å². The van der Waals surface area contributed by atoms with Crippen molar-refractivity contribution >= 4 is 23.3 Å². The summed E-state index contributed by atoms with van der Waals surface area (Å²) < 4.78 is 39.8. The van der Waals surface area contributed by atoms with Gasteiger partial charge < -0.3 is 15.4 Å². The molecule has 112 valence electrons. The molecule has 0 aliphatic carbocycles.